The highest BCUT2D eigenvalue weighted by molar-refractivity contribution is 8.00. The number of carbonyl (C=O) groups is 1. The van der Waals surface area contributed by atoms with Crippen LogP contribution >= 0.6 is 11.8 Å². The molecule has 0 radical (unpaired) electrons. The van der Waals surface area contributed by atoms with Gasteiger partial charge < -0.3 is 4.74 Å². The van der Waals surface area contributed by atoms with E-state index in [1.165, 1.54) is 0 Å². The van der Waals surface area contributed by atoms with Crippen LogP contribution < -0.4 is 0 Å². The Hall–Kier alpha value is -0.0200. The van der Waals surface area contributed by atoms with Gasteiger partial charge in [0.15, 0.2) is 0 Å². The minimum atomic E-state index is 0.218. The lowest BCUT2D eigenvalue weighted by Crippen LogP contribution is -2.50. The number of hydrogen-bond donors (Lipinski definition) is 0. The van der Waals surface area contributed by atoms with Gasteiger partial charge in [-0.25, -0.2) is 0 Å². The zero-order valence-corrected chi connectivity index (χ0v) is 6.58. The van der Waals surface area contributed by atoms with Gasteiger partial charge in [0, 0.05) is 18.6 Å². The van der Waals surface area contributed by atoms with Gasteiger partial charge in [-0.05, 0) is 0 Å². The molecule has 0 atom stereocenters. The Bertz CT molecular complexity index is 163. The highest BCUT2D eigenvalue weighted by Crippen LogP contribution is 2.40. The van der Waals surface area contributed by atoms with Crippen molar-refractivity contribution in [1.82, 2.24) is 0 Å². The number of ketones is 1. The summed E-state index contributed by atoms with van der Waals surface area (Å²) in [5.41, 5.74) is 0. The lowest BCUT2D eigenvalue weighted by molar-refractivity contribution is -0.122. The van der Waals surface area contributed by atoms with Gasteiger partial charge >= 0.3 is 0 Å². The molecule has 0 unspecified atom stereocenters. The second-order valence-corrected chi connectivity index (χ2v) is 4.55. The van der Waals surface area contributed by atoms with Gasteiger partial charge in [-0.3, -0.25) is 4.79 Å². The minimum absolute atomic E-state index is 0.218. The van der Waals surface area contributed by atoms with Crippen molar-refractivity contribution in [2.75, 3.05) is 19.0 Å². The van der Waals surface area contributed by atoms with Crippen molar-refractivity contribution in [1.29, 1.82) is 0 Å². The molecular formula is C7H10O2S. The lowest BCUT2D eigenvalue weighted by atomic mass is 9.98. The van der Waals surface area contributed by atoms with Crippen molar-refractivity contribution in [2.24, 2.45) is 0 Å². The van der Waals surface area contributed by atoms with E-state index >= 15 is 0 Å². The summed E-state index contributed by atoms with van der Waals surface area (Å²) in [6.07, 6.45) is 1.52. The largest absolute Gasteiger partial charge is 0.378 e. The Balaban J connectivity index is 2.02. The van der Waals surface area contributed by atoms with Gasteiger partial charge in [0.1, 0.15) is 5.78 Å². The van der Waals surface area contributed by atoms with Gasteiger partial charge in [0.25, 0.3) is 0 Å². The quantitative estimate of drug-likeness (QED) is 0.523. The van der Waals surface area contributed by atoms with Crippen LogP contribution in [-0.4, -0.2) is 29.5 Å². The van der Waals surface area contributed by atoms with Crippen LogP contribution in [0.4, 0.5) is 0 Å². The molecule has 2 fully saturated rings. The fourth-order valence-corrected chi connectivity index (χ4v) is 2.75. The van der Waals surface area contributed by atoms with Crippen molar-refractivity contribution < 1.29 is 9.53 Å². The molecule has 2 nitrogen and oxygen atoms in total. The standard InChI is InChI=1S/C7H10O2S/c8-6-1-2-10-7(3-6)4-9-5-7/h1-5H2. The van der Waals surface area contributed by atoms with Gasteiger partial charge in [-0.15, -0.1) is 11.8 Å². The molecule has 0 saturated carbocycles. The van der Waals surface area contributed by atoms with Crippen molar-refractivity contribution >= 4 is 17.5 Å². The third kappa shape index (κ3) is 0.974. The lowest BCUT2D eigenvalue weighted by Gasteiger charge is -2.42. The van der Waals surface area contributed by atoms with Crippen LogP contribution in [0.1, 0.15) is 12.8 Å². The van der Waals surface area contributed by atoms with Gasteiger partial charge in [-0.1, -0.05) is 0 Å². The molecule has 2 aliphatic heterocycles. The fourth-order valence-electron chi connectivity index (χ4n) is 1.40. The van der Waals surface area contributed by atoms with Crippen LogP contribution in [0.15, 0.2) is 0 Å². The van der Waals surface area contributed by atoms with E-state index in [-0.39, 0.29) is 4.75 Å². The number of thioether (sulfide) groups is 1. The van der Waals surface area contributed by atoms with E-state index in [0.717, 1.165) is 31.8 Å². The second-order valence-electron chi connectivity index (χ2n) is 2.99. The van der Waals surface area contributed by atoms with Gasteiger partial charge in [0.2, 0.25) is 0 Å². The zero-order chi connectivity index (χ0) is 7.03. The molecule has 1 spiro atoms. The third-order valence-corrected chi connectivity index (χ3v) is 3.44. The fraction of sp³-hybridized carbons (Fsp3) is 0.857. The molecule has 3 heteroatoms. The second kappa shape index (κ2) is 2.24. The molecule has 0 aliphatic carbocycles. The predicted molar refractivity (Wildman–Crippen MR) is 40.2 cm³/mol. The first kappa shape index (κ1) is 6.68. The first-order valence-electron chi connectivity index (χ1n) is 3.54. The molecule has 2 heterocycles. The highest BCUT2D eigenvalue weighted by Gasteiger charge is 2.42. The van der Waals surface area contributed by atoms with E-state index < -0.39 is 0 Å². The van der Waals surface area contributed by atoms with E-state index in [1.807, 2.05) is 11.8 Å². The predicted octanol–water partition coefficient (Wildman–Crippen LogP) is 0.852. The van der Waals surface area contributed by atoms with Crippen molar-refractivity contribution in [2.45, 2.75) is 17.6 Å². The minimum Gasteiger partial charge on any atom is -0.378 e. The van der Waals surface area contributed by atoms with Crippen LogP contribution in [0, 0.1) is 0 Å². The first-order chi connectivity index (χ1) is 4.81. The molecular weight excluding hydrogens is 148 g/mol. The van der Waals surface area contributed by atoms with Crippen LogP contribution in [0.2, 0.25) is 0 Å². The summed E-state index contributed by atoms with van der Waals surface area (Å²) in [5.74, 6) is 1.42. The Morgan fingerprint density at radius 1 is 1.50 bits per heavy atom. The Labute approximate surface area is 64.3 Å². The van der Waals surface area contributed by atoms with E-state index in [9.17, 15) is 4.79 Å². The smallest absolute Gasteiger partial charge is 0.135 e. The van der Waals surface area contributed by atoms with E-state index in [0.29, 0.717) is 5.78 Å². The molecule has 2 rings (SSSR count). The van der Waals surface area contributed by atoms with Crippen molar-refractivity contribution in [3.05, 3.63) is 0 Å². The number of Topliss-reactive ketones (excluding diaryl/α,β-unsaturated/α-hetero) is 1. The van der Waals surface area contributed by atoms with E-state index in [4.69, 9.17) is 4.74 Å². The van der Waals surface area contributed by atoms with E-state index in [1.54, 1.807) is 0 Å². The molecule has 0 bridgehead atoms. The van der Waals surface area contributed by atoms with Crippen LogP contribution in [0.3, 0.4) is 0 Å². The highest BCUT2D eigenvalue weighted by atomic mass is 32.2. The molecule has 2 aliphatic rings. The van der Waals surface area contributed by atoms with Crippen LogP contribution in [0.25, 0.3) is 0 Å². The third-order valence-electron chi connectivity index (χ3n) is 2.04. The number of rotatable bonds is 0. The number of ether oxygens (including phenoxy) is 1. The normalized spacial score (nSPS) is 30.2. The molecule has 10 heavy (non-hydrogen) atoms. The summed E-state index contributed by atoms with van der Waals surface area (Å²) in [4.78, 5) is 11.0. The van der Waals surface area contributed by atoms with Gasteiger partial charge in [0.05, 0.1) is 18.0 Å². The summed E-state index contributed by atoms with van der Waals surface area (Å²) < 4.78 is 5.31. The Kier molecular flexibility index (Phi) is 1.49. The summed E-state index contributed by atoms with van der Waals surface area (Å²) in [5, 5.41) is 0. The van der Waals surface area contributed by atoms with Crippen LogP contribution in [0.5, 0.6) is 0 Å². The molecule has 0 aromatic rings. The topological polar surface area (TPSA) is 26.3 Å². The molecule has 0 N–H and O–H groups in total. The molecule has 56 valence electrons. The summed E-state index contributed by atoms with van der Waals surface area (Å²) in [7, 11) is 0. The Morgan fingerprint density at radius 3 is 2.70 bits per heavy atom. The maximum atomic E-state index is 11.0. The SMILES string of the molecule is O=C1CCSC2(COC2)C1. The van der Waals surface area contributed by atoms with Crippen LogP contribution in [-0.2, 0) is 9.53 Å². The zero-order valence-electron chi connectivity index (χ0n) is 5.76. The average Bonchev–Trinajstić information content (AvgIpc) is 1.85. The Morgan fingerprint density at radius 2 is 2.30 bits per heavy atom. The monoisotopic (exact) mass is 158 g/mol. The van der Waals surface area contributed by atoms with E-state index in [2.05, 4.69) is 0 Å². The maximum Gasteiger partial charge on any atom is 0.135 e. The first-order valence-corrected chi connectivity index (χ1v) is 4.53. The van der Waals surface area contributed by atoms with Crippen molar-refractivity contribution in [3.8, 4) is 0 Å². The molecule has 0 amide bonds. The summed E-state index contributed by atoms with van der Waals surface area (Å²) >= 11 is 1.91. The maximum absolute atomic E-state index is 11.0. The molecule has 0 aromatic carbocycles. The average molecular weight is 158 g/mol. The number of hydrogen-bond acceptors (Lipinski definition) is 3. The van der Waals surface area contributed by atoms with Gasteiger partial charge in [-0.2, -0.15) is 0 Å². The number of carbonyl (C=O) groups excluding carboxylic acids is 1. The van der Waals surface area contributed by atoms with Crippen molar-refractivity contribution in [3.63, 3.8) is 0 Å². The summed E-state index contributed by atoms with van der Waals surface area (Å²) in [6, 6.07) is 0. The molecule has 0 aromatic heterocycles. The summed E-state index contributed by atoms with van der Waals surface area (Å²) in [6.45, 7) is 1.59. The molecule has 2 saturated heterocycles.